The van der Waals surface area contributed by atoms with Gasteiger partial charge in [-0.1, -0.05) is 0 Å². The summed E-state index contributed by atoms with van der Waals surface area (Å²) in [6.07, 6.45) is 3.81. The number of ether oxygens (including phenoxy) is 1. The number of carbonyl (C=O) groups is 1. The number of hydrogen-bond acceptors (Lipinski definition) is 5. The van der Waals surface area contributed by atoms with Gasteiger partial charge in [0, 0.05) is 26.7 Å². The molecule has 21 heavy (non-hydrogen) atoms. The third kappa shape index (κ3) is 2.30. The summed E-state index contributed by atoms with van der Waals surface area (Å²) in [6, 6.07) is 0. The second-order valence-corrected chi connectivity index (χ2v) is 5.81. The van der Waals surface area contributed by atoms with Crippen LogP contribution in [0.4, 0.5) is 10.3 Å². The minimum absolute atomic E-state index is 0.0620. The molecule has 1 aromatic rings. The summed E-state index contributed by atoms with van der Waals surface area (Å²) in [7, 11) is 3.23. The number of amides is 1. The molecule has 3 rings (SSSR count). The molecule has 7 heteroatoms. The Morgan fingerprint density at radius 2 is 2.19 bits per heavy atom. The van der Waals surface area contributed by atoms with Crippen molar-refractivity contribution in [2.24, 2.45) is 5.41 Å². The van der Waals surface area contributed by atoms with Crippen LogP contribution in [-0.2, 0) is 4.79 Å². The van der Waals surface area contributed by atoms with Gasteiger partial charge in [0.2, 0.25) is 17.7 Å². The molecule has 0 N–H and O–H groups in total. The van der Waals surface area contributed by atoms with E-state index in [9.17, 15) is 9.18 Å². The van der Waals surface area contributed by atoms with Gasteiger partial charge in [0.25, 0.3) is 5.88 Å². The smallest absolute Gasteiger partial charge is 0.255 e. The van der Waals surface area contributed by atoms with Crippen LogP contribution in [0.15, 0.2) is 6.20 Å². The second kappa shape index (κ2) is 5.13. The maximum absolute atomic E-state index is 13.4. The van der Waals surface area contributed by atoms with Gasteiger partial charge in [-0.2, -0.15) is 9.37 Å². The minimum Gasteiger partial charge on any atom is -0.479 e. The highest BCUT2D eigenvalue weighted by atomic mass is 19.1. The predicted molar refractivity (Wildman–Crippen MR) is 74.7 cm³/mol. The number of halogens is 1. The van der Waals surface area contributed by atoms with Crippen LogP contribution in [0.3, 0.4) is 0 Å². The number of methoxy groups -OCH3 is 1. The summed E-state index contributed by atoms with van der Waals surface area (Å²) >= 11 is 0. The first-order valence-corrected chi connectivity index (χ1v) is 7.13. The molecule has 0 unspecified atom stereocenters. The largest absolute Gasteiger partial charge is 0.479 e. The maximum Gasteiger partial charge on any atom is 0.255 e. The van der Waals surface area contributed by atoms with Crippen molar-refractivity contribution in [2.75, 3.05) is 38.7 Å². The fourth-order valence-corrected chi connectivity index (χ4v) is 3.33. The minimum atomic E-state index is -0.580. The van der Waals surface area contributed by atoms with E-state index in [2.05, 4.69) is 9.97 Å². The van der Waals surface area contributed by atoms with Crippen molar-refractivity contribution in [3.63, 3.8) is 0 Å². The van der Waals surface area contributed by atoms with Crippen molar-refractivity contribution in [3.8, 4) is 5.88 Å². The van der Waals surface area contributed by atoms with Crippen LogP contribution in [-0.4, -0.2) is 54.6 Å². The lowest BCUT2D eigenvalue weighted by Gasteiger charge is -2.37. The highest BCUT2D eigenvalue weighted by Gasteiger charge is 2.48. The molecule has 0 radical (unpaired) electrons. The molecule has 1 aromatic heterocycles. The highest BCUT2D eigenvalue weighted by molar-refractivity contribution is 5.84. The van der Waals surface area contributed by atoms with E-state index in [1.165, 1.54) is 7.11 Å². The number of carbonyl (C=O) groups excluding carboxylic acids is 1. The van der Waals surface area contributed by atoms with Crippen LogP contribution in [0.5, 0.6) is 5.88 Å². The van der Waals surface area contributed by atoms with Gasteiger partial charge in [-0.3, -0.25) is 4.79 Å². The fraction of sp³-hybridized carbons (Fsp3) is 0.643. The van der Waals surface area contributed by atoms with Gasteiger partial charge in [-0.25, -0.2) is 4.98 Å². The molecular formula is C14H19FN4O2. The van der Waals surface area contributed by atoms with Crippen molar-refractivity contribution in [3.05, 3.63) is 12.0 Å². The zero-order valence-corrected chi connectivity index (χ0v) is 12.3. The first-order chi connectivity index (χ1) is 10.1. The van der Waals surface area contributed by atoms with E-state index in [1.54, 1.807) is 4.90 Å². The molecule has 1 atom stereocenters. The van der Waals surface area contributed by atoms with Gasteiger partial charge < -0.3 is 14.5 Å². The van der Waals surface area contributed by atoms with E-state index in [-0.39, 0.29) is 17.2 Å². The van der Waals surface area contributed by atoms with E-state index in [0.717, 1.165) is 32.0 Å². The van der Waals surface area contributed by atoms with Gasteiger partial charge in [0.1, 0.15) is 0 Å². The molecular weight excluding hydrogens is 275 g/mol. The third-order valence-electron chi connectivity index (χ3n) is 4.48. The van der Waals surface area contributed by atoms with E-state index < -0.39 is 5.82 Å². The van der Waals surface area contributed by atoms with Crippen LogP contribution in [0.1, 0.15) is 19.3 Å². The molecule has 1 spiro atoms. The molecule has 114 valence electrons. The number of piperidine rings is 1. The van der Waals surface area contributed by atoms with Crippen LogP contribution in [0.25, 0.3) is 0 Å². The molecule has 0 aromatic carbocycles. The number of anilines is 1. The molecule has 2 aliphatic rings. The van der Waals surface area contributed by atoms with Crippen LogP contribution < -0.4 is 9.64 Å². The summed E-state index contributed by atoms with van der Waals surface area (Å²) in [6.45, 7) is 2.11. The fourth-order valence-electron chi connectivity index (χ4n) is 3.33. The van der Waals surface area contributed by atoms with Crippen LogP contribution in [0, 0.1) is 11.2 Å². The van der Waals surface area contributed by atoms with Crippen molar-refractivity contribution in [1.82, 2.24) is 14.9 Å². The van der Waals surface area contributed by atoms with Crippen molar-refractivity contribution in [1.29, 1.82) is 0 Å². The number of nitrogens with zero attached hydrogens (tertiary/aromatic N) is 4. The van der Waals surface area contributed by atoms with Gasteiger partial charge in [0.05, 0.1) is 18.7 Å². The molecule has 3 heterocycles. The standard InChI is InChI=1S/C14H19FN4O2/c1-18-6-3-4-14(12(18)20)5-7-19(9-14)13-16-8-10(15)11(17-13)21-2/h8H,3-7,9H2,1-2H3/t14-/m1/s1. The SMILES string of the molecule is COc1nc(N2CC[C@]3(CCCN(C)C3=O)C2)ncc1F. The maximum atomic E-state index is 13.4. The average molecular weight is 294 g/mol. The van der Waals surface area contributed by atoms with Crippen molar-refractivity contribution < 1.29 is 13.9 Å². The zero-order chi connectivity index (χ0) is 15.0. The Kier molecular flexibility index (Phi) is 3.43. The second-order valence-electron chi connectivity index (χ2n) is 5.81. The summed E-state index contributed by atoms with van der Waals surface area (Å²) in [4.78, 5) is 24.3. The molecule has 0 aliphatic carbocycles. The van der Waals surface area contributed by atoms with Gasteiger partial charge in [0.15, 0.2) is 0 Å². The van der Waals surface area contributed by atoms with Crippen molar-refractivity contribution >= 4 is 11.9 Å². The van der Waals surface area contributed by atoms with E-state index >= 15 is 0 Å². The number of rotatable bonds is 2. The molecule has 0 saturated carbocycles. The van der Waals surface area contributed by atoms with Crippen molar-refractivity contribution in [2.45, 2.75) is 19.3 Å². The molecule has 6 nitrogen and oxygen atoms in total. The molecule has 0 bridgehead atoms. The molecule has 2 aliphatic heterocycles. The topological polar surface area (TPSA) is 58.6 Å². The lowest BCUT2D eigenvalue weighted by Crippen LogP contribution is -2.48. The Morgan fingerprint density at radius 1 is 1.38 bits per heavy atom. The van der Waals surface area contributed by atoms with E-state index in [0.29, 0.717) is 19.0 Å². The first kappa shape index (κ1) is 14.0. The Bertz CT molecular complexity index is 568. The summed E-state index contributed by atoms with van der Waals surface area (Å²) in [5.74, 6) is -0.0202. The molecule has 1 amide bonds. The summed E-state index contributed by atoms with van der Waals surface area (Å²) < 4.78 is 18.3. The highest BCUT2D eigenvalue weighted by Crippen LogP contribution is 2.40. The first-order valence-electron chi connectivity index (χ1n) is 7.13. The summed E-state index contributed by atoms with van der Waals surface area (Å²) in [5.41, 5.74) is -0.335. The Morgan fingerprint density at radius 3 is 2.95 bits per heavy atom. The van der Waals surface area contributed by atoms with Crippen LogP contribution in [0.2, 0.25) is 0 Å². The number of aromatic nitrogens is 2. The van der Waals surface area contributed by atoms with E-state index in [1.807, 2.05) is 11.9 Å². The normalized spacial score (nSPS) is 25.8. The molecule has 2 saturated heterocycles. The lowest BCUT2D eigenvalue weighted by atomic mass is 9.78. The quantitative estimate of drug-likeness (QED) is 0.816. The average Bonchev–Trinajstić information content (AvgIpc) is 2.90. The zero-order valence-electron chi connectivity index (χ0n) is 12.3. The monoisotopic (exact) mass is 294 g/mol. The Balaban J connectivity index is 1.82. The predicted octanol–water partition coefficient (Wildman–Crippen LogP) is 1.07. The van der Waals surface area contributed by atoms with Gasteiger partial charge >= 0.3 is 0 Å². The Labute approximate surface area is 122 Å². The number of likely N-dealkylation sites (tertiary alicyclic amines) is 1. The molecule has 2 fully saturated rings. The van der Waals surface area contributed by atoms with E-state index in [4.69, 9.17) is 4.74 Å². The van der Waals surface area contributed by atoms with Gasteiger partial charge in [-0.15, -0.1) is 0 Å². The van der Waals surface area contributed by atoms with Gasteiger partial charge in [-0.05, 0) is 19.3 Å². The number of hydrogen-bond donors (Lipinski definition) is 0. The van der Waals surface area contributed by atoms with Crippen LogP contribution >= 0.6 is 0 Å². The Hall–Kier alpha value is -1.92. The third-order valence-corrected chi connectivity index (χ3v) is 4.48. The lowest BCUT2D eigenvalue weighted by molar-refractivity contribution is -0.143. The summed E-state index contributed by atoms with van der Waals surface area (Å²) in [5, 5.41) is 0.